The molecule has 0 radical (unpaired) electrons. The second kappa shape index (κ2) is 3.06. The van der Waals surface area contributed by atoms with Gasteiger partial charge in [-0.2, -0.15) is 5.10 Å². The van der Waals surface area contributed by atoms with Gasteiger partial charge in [-0.1, -0.05) is 6.92 Å². The van der Waals surface area contributed by atoms with E-state index in [-0.39, 0.29) is 0 Å². The molecule has 0 amide bonds. The SMILES string of the molecule is CCc1n[nH]c(C)c1CCl. The number of rotatable bonds is 2. The maximum absolute atomic E-state index is 5.70. The summed E-state index contributed by atoms with van der Waals surface area (Å²) < 4.78 is 0. The molecule has 0 atom stereocenters. The summed E-state index contributed by atoms with van der Waals surface area (Å²) in [5, 5.41) is 7.00. The molecule has 0 unspecified atom stereocenters. The fourth-order valence-corrected chi connectivity index (χ4v) is 1.33. The Morgan fingerprint density at radius 3 is 2.70 bits per heavy atom. The molecule has 0 aliphatic carbocycles. The molecule has 1 rings (SSSR count). The second-order valence-corrected chi connectivity index (χ2v) is 2.53. The summed E-state index contributed by atoms with van der Waals surface area (Å²) in [5.41, 5.74) is 3.34. The molecule has 1 N–H and O–H groups in total. The number of nitrogens with one attached hydrogen (secondary N) is 1. The number of aromatic nitrogens is 2. The standard InChI is InChI=1S/C7H11ClN2/c1-3-7-6(4-8)5(2)9-10-7/h3-4H2,1-2H3,(H,9,10). The average Bonchev–Trinajstić information content (AvgIpc) is 2.30. The molecule has 0 aliphatic rings. The third-order valence-corrected chi connectivity index (χ3v) is 1.90. The average molecular weight is 159 g/mol. The van der Waals surface area contributed by atoms with E-state index in [0.717, 1.165) is 23.4 Å². The summed E-state index contributed by atoms with van der Waals surface area (Å²) in [4.78, 5) is 0. The van der Waals surface area contributed by atoms with E-state index in [4.69, 9.17) is 11.6 Å². The van der Waals surface area contributed by atoms with Crippen LogP contribution in [0, 0.1) is 6.92 Å². The quantitative estimate of drug-likeness (QED) is 0.656. The Labute approximate surface area is 65.6 Å². The van der Waals surface area contributed by atoms with Gasteiger partial charge in [0.1, 0.15) is 0 Å². The fraction of sp³-hybridized carbons (Fsp3) is 0.571. The molecule has 10 heavy (non-hydrogen) atoms. The number of hydrogen-bond donors (Lipinski definition) is 1. The van der Waals surface area contributed by atoms with Gasteiger partial charge in [0.2, 0.25) is 0 Å². The zero-order chi connectivity index (χ0) is 7.56. The predicted molar refractivity (Wildman–Crippen MR) is 42.3 cm³/mol. The second-order valence-electron chi connectivity index (χ2n) is 2.26. The number of alkyl halides is 1. The monoisotopic (exact) mass is 158 g/mol. The van der Waals surface area contributed by atoms with Gasteiger partial charge in [-0.05, 0) is 13.3 Å². The van der Waals surface area contributed by atoms with Crippen LogP contribution in [0.1, 0.15) is 23.9 Å². The predicted octanol–water partition coefficient (Wildman–Crippen LogP) is 2.02. The highest BCUT2D eigenvalue weighted by atomic mass is 35.5. The van der Waals surface area contributed by atoms with Crippen LogP contribution in [0.2, 0.25) is 0 Å². The zero-order valence-corrected chi connectivity index (χ0v) is 7.00. The van der Waals surface area contributed by atoms with Gasteiger partial charge in [0.25, 0.3) is 0 Å². The molecule has 3 heteroatoms. The molecule has 0 aliphatic heterocycles. The van der Waals surface area contributed by atoms with E-state index in [1.54, 1.807) is 0 Å². The van der Waals surface area contributed by atoms with Gasteiger partial charge in [-0.25, -0.2) is 0 Å². The lowest BCUT2D eigenvalue weighted by atomic mass is 10.2. The van der Waals surface area contributed by atoms with Crippen LogP contribution in [0.15, 0.2) is 0 Å². The van der Waals surface area contributed by atoms with Gasteiger partial charge in [-0.15, -0.1) is 11.6 Å². The minimum Gasteiger partial charge on any atom is -0.282 e. The van der Waals surface area contributed by atoms with Crippen LogP contribution in [-0.2, 0) is 12.3 Å². The first-order valence-electron chi connectivity index (χ1n) is 3.38. The van der Waals surface area contributed by atoms with Crippen LogP contribution in [0.25, 0.3) is 0 Å². The van der Waals surface area contributed by atoms with Crippen molar-refractivity contribution in [3.05, 3.63) is 17.0 Å². The number of aryl methyl sites for hydroxylation is 2. The lowest BCUT2D eigenvalue weighted by Crippen LogP contribution is -1.86. The highest BCUT2D eigenvalue weighted by molar-refractivity contribution is 6.17. The van der Waals surface area contributed by atoms with E-state index >= 15 is 0 Å². The molecular weight excluding hydrogens is 148 g/mol. The number of nitrogens with zero attached hydrogens (tertiary/aromatic N) is 1. The molecule has 0 fully saturated rings. The molecule has 0 saturated carbocycles. The van der Waals surface area contributed by atoms with Crippen LogP contribution >= 0.6 is 11.6 Å². The van der Waals surface area contributed by atoms with E-state index in [9.17, 15) is 0 Å². The third kappa shape index (κ3) is 1.16. The van der Waals surface area contributed by atoms with Crippen molar-refractivity contribution in [2.75, 3.05) is 0 Å². The number of aromatic amines is 1. The van der Waals surface area contributed by atoms with E-state index in [0.29, 0.717) is 5.88 Å². The maximum atomic E-state index is 5.70. The first kappa shape index (κ1) is 7.61. The maximum Gasteiger partial charge on any atom is 0.0666 e. The van der Waals surface area contributed by atoms with Crippen LogP contribution in [0.5, 0.6) is 0 Å². The Kier molecular flexibility index (Phi) is 2.33. The lowest BCUT2D eigenvalue weighted by Gasteiger charge is -1.93. The smallest absolute Gasteiger partial charge is 0.0666 e. The van der Waals surface area contributed by atoms with Crippen LogP contribution in [-0.4, -0.2) is 10.2 Å². The van der Waals surface area contributed by atoms with E-state index in [1.807, 2.05) is 6.92 Å². The normalized spacial score (nSPS) is 10.3. The molecule has 0 aromatic carbocycles. The summed E-state index contributed by atoms with van der Waals surface area (Å²) in [6.07, 6.45) is 0.951. The molecule has 1 aromatic rings. The van der Waals surface area contributed by atoms with E-state index in [1.165, 1.54) is 0 Å². The summed E-state index contributed by atoms with van der Waals surface area (Å²) in [7, 11) is 0. The largest absolute Gasteiger partial charge is 0.282 e. The van der Waals surface area contributed by atoms with Crippen LogP contribution in [0.4, 0.5) is 0 Å². The molecule has 2 nitrogen and oxygen atoms in total. The summed E-state index contributed by atoms with van der Waals surface area (Å²) >= 11 is 5.70. The van der Waals surface area contributed by atoms with Gasteiger partial charge < -0.3 is 0 Å². The number of halogens is 1. The van der Waals surface area contributed by atoms with Crippen molar-refractivity contribution in [2.24, 2.45) is 0 Å². The van der Waals surface area contributed by atoms with Crippen LogP contribution in [0.3, 0.4) is 0 Å². The van der Waals surface area contributed by atoms with Gasteiger partial charge >= 0.3 is 0 Å². The third-order valence-electron chi connectivity index (χ3n) is 1.63. The van der Waals surface area contributed by atoms with Gasteiger partial charge in [0.15, 0.2) is 0 Å². The molecule has 1 heterocycles. The minimum absolute atomic E-state index is 0.561. The van der Waals surface area contributed by atoms with Crippen molar-refractivity contribution in [3.63, 3.8) is 0 Å². The summed E-state index contributed by atoms with van der Waals surface area (Å²) in [6.45, 7) is 4.07. The molecule has 0 bridgehead atoms. The Morgan fingerprint density at radius 2 is 2.30 bits per heavy atom. The topological polar surface area (TPSA) is 28.7 Å². The minimum atomic E-state index is 0.561. The molecule has 0 saturated heterocycles. The molecular formula is C7H11ClN2. The Bertz CT molecular complexity index is 217. The summed E-state index contributed by atoms with van der Waals surface area (Å²) in [5.74, 6) is 0.561. The highest BCUT2D eigenvalue weighted by Gasteiger charge is 2.05. The van der Waals surface area contributed by atoms with Gasteiger partial charge in [0.05, 0.1) is 11.6 Å². The number of hydrogen-bond acceptors (Lipinski definition) is 1. The van der Waals surface area contributed by atoms with Crippen molar-refractivity contribution >= 4 is 11.6 Å². The lowest BCUT2D eigenvalue weighted by molar-refractivity contribution is 0.959. The van der Waals surface area contributed by atoms with Crippen molar-refractivity contribution in [3.8, 4) is 0 Å². The Hall–Kier alpha value is -0.500. The van der Waals surface area contributed by atoms with Crippen molar-refractivity contribution < 1.29 is 0 Å². The molecule has 1 aromatic heterocycles. The number of H-pyrrole nitrogens is 1. The summed E-state index contributed by atoms with van der Waals surface area (Å²) in [6, 6.07) is 0. The fourth-order valence-electron chi connectivity index (χ4n) is 0.973. The highest BCUT2D eigenvalue weighted by Crippen LogP contribution is 2.12. The van der Waals surface area contributed by atoms with Gasteiger partial charge in [-0.3, -0.25) is 5.10 Å². The van der Waals surface area contributed by atoms with Crippen molar-refractivity contribution in [1.82, 2.24) is 10.2 Å². The Morgan fingerprint density at radius 1 is 1.60 bits per heavy atom. The first-order chi connectivity index (χ1) is 4.79. The van der Waals surface area contributed by atoms with Crippen LogP contribution < -0.4 is 0 Å². The van der Waals surface area contributed by atoms with Crippen molar-refractivity contribution in [2.45, 2.75) is 26.1 Å². The van der Waals surface area contributed by atoms with E-state index < -0.39 is 0 Å². The van der Waals surface area contributed by atoms with Crippen molar-refractivity contribution in [1.29, 1.82) is 0 Å². The first-order valence-corrected chi connectivity index (χ1v) is 3.91. The molecule has 56 valence electrons. The Balaban J connectivity index is 3.01. The molecule has 0 spiro atoms. The van der Waals surface area contributed by atoms with Gasteiger partial charge in [0, 0.05) is 11.3 Å². The van der Waals surface area contributed by atoms with E-state index in [2.05, 4.69) is 17.1 Å². The zero-order valence-electron chi connectivity index (χ0n) is 6.24.